The van der Waals surface area contributed by atoms with Crippen molar-refractivity contribution in [2.24, 2.45) is 0 Å². The van der Waals surface area contributed by atoms with Crippen LogP contribution in [0, 0.1) is 5.82 Å². The molecule has 0 saturated carbocycles. The Labute approximate surface area is 118 Å². The molecule has 20 heavy (non-hydrogen) atoms. The van der Waals surface area contributed by atoms with E-state index in [-0.39, 0.29) is 11.5 Å². The molecular weight excluding hydrogens is 279 g/mol. The maximum atomic E-state index is 12.8. The maximum Gasteiger partial charge on any atom is 0.175 e. The molecule has 104 valence electrons. The Morgan fingerprint density at radius 1 is 1.10 bits per heavy atom. The predicted octanol–water partition coefficient (Wildman–Crippen LogP) is 2.82. The van der Waals surface area contributed by atoms with E-state index >= 15 is 0 Å². The number of hydrogen-bond acceptors (Lipinski definition) is 3. The Kier molecular flexibility index (Phi) is 4.63. The van der Waals surface area contributed by atoms with Crippen molar-refractivity contribution in [2.75, 3.05) is 12.9 Å². The van der Waals surface area contributed by atoms with Crippen LogP contribution < -0.4 is 4.74 Å². The first-order valence-electron chi connectivity index (χ1n) is 5.91. The summed E-state index contributed by atoms with van der Waals surface area (Å²) in [5.74, 6) is -0.0958. The second kappa shape index (κ2) is 6.43. The summed E-state index contributed by atoms with van der Waals surface area (Å²) in [6.07, 6.45) is 0. The molecule has 1 unspecified atom stereocenters. The summed E-state index contributed by atoms with van der Waals surface area (Å²) >= 11 is 0. The number of ketones is 1. The SMILES string of the molecule is COc1ccc(C(=O)CS(=O)c2ccc(F)cc2)cc1. The van der Waals surface area contributed by atoms with E-state index in [1.54, 1.807) is 31.4 Å². The van der Waals surface area contributed by atoms with Crippen LogP contribution in [0.5, 0.6) is 5.75 Å². The van der Waals surface area contributed by atoms with Crippen molar-refractivity contribution in [2.45, 2.75) is 4.90 Å². The molecule has 0 radical (unpaired) electrons. The van der Waals surface area contributed by atoms with Crippen molar-refractivity contribution in [1.29, 1.82) is 0 Å². The molecule has 0 fully saturated rings. The number of benzene rings is 2. The number of Topliss-reactive ketones (excluding diaryl/α,β-unsaturated/α-hetero) is 1. The van der Waals surface area contributed by atoms with Crippen LogP contribution in [0.1, 0.15) is 10.4 Å². The summed E-state index contributed by atoms with van der Waals surface area (Å²) in [5, 5.41) is 0. The van der Waals surface area contributed by atoms with Gasteiger partial charge in [-0.25, -0.2) is 4.39 Å². The molecule has 0 bridgehead atoms. The molecule has 5 heteroatoms. The van der Waals surface area contributed by atoms with Crippen molar-refractivity contribution < 1.29 is 18.1 Å². The zero-order valence-corrected chi connectivity index (χ0v) is 11.7. The first-order chi connectivity index (χ1) is 9.60. The zero-order valence-electron chi connectivity index (χ0n) is 10.8. The van der Waals surface area contributed by atoms with E-state index < -0.39 is 16.6 Å². The Bertz CT molecular complexity index is 621. The minimum Gasteiger partial charge on any atom is -0.497 e. The largest absolute Gasteiger partial charge is 0.497 e. The second-order valence-corrected chi connectivity index (χ2v) is 5.55. The van der Waals surface area contributed by atoms with Gasteiger partial charge in [0.1, 0.15) is 11.6 Å². The van der Waals surface area contributed by atoms with Gasteiger partial charge in [-0.2, -0.15) is 0 Å². The number of carbonyl (C=O) groups excluding carboxylic acids is 1. The van der Waals surface area contributed by atoms with Crippen LogP contribution in [0.25, 0.3) is 0 Å². The van der Waals surface area contributed by atoms with Gasteiger partial charge in [0.25, 0.3) is 0 Å². The molecule has 0 aliphatic rings. The fourth-order valence-electron chi connectivity index (χ4n) is 1.65. The highest BCUT2D eigenvalue weighted by molar-refractivity contribution is 7.85. The zero-order chi connectivity index (χ0) is 14.5. The smallest absolute Gasteiger partial charge is 0.175 e. The number of hydrogen-bond donors (Lipinski definition) is 0. The topological polar surface area (TPSA) is 43.4 Å². The monoisotopic (exact) mass is 292 g/mol. The van der Waals surface area contributed by atoms with Gasteiger partial charge in [0.15, 0.2) is 5.78 Å². The number of ether oxygens (including phenoxy) is 1. The maximum absolute atomic E-state index is 12.8. The lowest BCUT2D eigenvalue weighted by Crippen LogP contribution is -2.11. The van der Waals surface area contributed by atoms with Gasteiger partial charge in [-0.05, 0) is 48.5 Å². The summed E-state index contributed by atoms with van der Waals surface area (Å²) < 4.78 is 29.8. The van der Waals surface area contributed by atoms with Crippen LogP contribution in [0.2, 0.25) is 0 Å². The van der Waals surface area contributed by atoms with E-state index in [4.69, 9.17) is 4.74 Å². The average Bonchev–Trinajstić information content (AvgIpc) is 2.48. The molecule has 0 aromatic heterocycles. The second-order valence-electron chi connectivity index (χ2n) is 4.10. The molecule has 2 aromatic rings. The van der Waals surface area contributed by atoms with Crippen LogP contribution in [-0.4, -0.2) is 22.9 Å². The molecule has 0 aliphatic heterocycles. The van der Waals surface area contributed by atoms with Crippen LogP contribution in [0.15, 0.2) is 53.4 Å². The van der Waals surface area contributed by atoms with Crippen molar-refractivity contribution >= 4 is 16.6 Å². The summed E-state index contributed by atoms with van der Waals surface area (Å²) in [6.45, 7) is 0. The van der Waals surface area contributed by atoms with Crippen LogP contribution in [0.4, 0.5) is 4.39 Å². The Morgan fingerprint density at radius 2 is 1.70 bits per heavy atom. The van der Waals surface area contributed by atoms with Crippen LogP contribution >= 0.6 is 0 Å². The number of halogens is 1. The molecule has 1 atom stereocenters. The normalized spacial score (nSPS) is 11.9. The Morgan fingerprint density at radius 3 is 2.25 bits per heavy atom. The highest BCUT2D eigenvalue weighted by Crippen LogP contribution is 2.14. The highest BCUT2D eigenvalue weighted by atomic mass is 32.2. The Hall–Kier alpha value is -2.01. The summed E-state index contributed by atoms with van der Waals surface area (Å²) in [5.41, 5.74) is 0.473. The van der Waals surface area contributed by atoms with Crippen LogP contribution in [-0.2, 0) is 10.8 Å². The van der Waals surface area contributed by atoms with Gasteiger partial charge >= 0.3 is 0 Å². The molecule has 3 nitrogen and oxygen atoms in total. The quantitative estimate of drug-likeness (QED) is 0.796. The molecule has 0 spiro atoms. The molecule has 0 N–H and O–H groups in total. The summed E-state index contributed by atoms with van der Waals surface area (Å²) in [4.78, 5) is 12.4. The van der Waals surface area contributed by atoms with E-state index in [2.05, 4.69) is 0 Å². The molecule has 2 aromatic carbocycles. The lowest BCUT2D eigenvalue weighted by molar-refractivity contribution is 0.102. The molecule has 0 aliphatic carbocycles. The van der Waals surface area contributed by atoms with E-state index in [1.807, 2.05) is 0 Å². The number of methoxy groups -OCH3 is 1. The third kappa shape index (κ3) is 3.51. The fraction of sp³-hybridized carbons (Fsp3) is 0.133. The molecule has 0 amide bonds. The van der Waals surface area contributed by atoms with Crippen molar-refractivity contribution in [1.82, 2.24) is 0 Å². The minimum atomic E-state index is -1.48. The van der Waals surface area contributed by atoms with Crippen LogP contribution in [0.3, 0.4) is 0 Å². The molecule has 2 rings (SSSR count). The van der Waals surface area contributed by atoms with Gasteiger partial charge in [0, 0.05) is 10.5 Å². The number of carbonyl (C=O) groups is 1. The van der Waals surface area contributed by atoms with Gasteiger partial charge in [0.05, 0.1) is 23.7 Å². The molecular formula is C15H13FO3S. The van der Waals surface area contributed by atoms with E-state index in [9.17, 15) is 13.4 Å². The van der Waals surface area contributed by atoms with Gasteiger partial charge < -0.3 is 4.74 Å². The van der Waals surface area contributed by atoms with Crippen molar-refractivity contribution in [3.05, 3.63) is 59.9 Å². The van der Waals surface area contributed by atoms with Crippen molar-refractivity contribution in [3.63, 3.8) is 0 Å². The lowest BCUT2D eigenvalue weighted by Gasteiger charge is -2.04. The van der Waals surface area contributed by atoms with Gasteiger partial charge in [0.2, 0.25) is 0 Å². The van der Waals surface area contributed by atoms with Gasteiger partial charge in [-0.15, -0.1) is 0 Å². The van der Waals surface area contributed by atoms with E-state index in [0.717, 1.165) is 0 Å². The average molecular weight is 292 g/mol. The highest BCUT2D eigenvalue weighted by Gasteiger charge is 2.12. The lowest BCUT2D eigenvalue weighted by atomic mass is 10.1. The first-order valence-corrected chi connectivity index (χ1v) is 7.23. The predicted molar refractivity (Wildman–Crippen MR) is 75.0 cm³/mol. The fourth-order valence-corrected chi connectivity index (χ4v) is 2.66. The van der Waals surface area contributed by atoms with E-state index in [1.165, 1.54) is 24.3 Å². The molecule has 0 heterocycles. The van der Waals surface area contributed by atoms with Crippen molar-refractivity contribution in [3.8, 4) is 5.75 Å². The third-order valence-corrected chi connectivity index (χ3v) is 4.07. The minimum absolute atomic E-state index is 0.127. The standard InChI is InChI=1S/C15H13FO3S/c1-19-13-6-2-11(3-7-13)15(17)10-20(18)14-8-4-12(16)5-9-14/h2-9H,10H2,1H3. The third-order valence-electron chi connectivity index (χ3n) is 2.75. The van der Waals surface area contributed by atoms with Gasteiger partial charge in [-0.3, -0.25) is 9.00 Å². The Balaban J connectivity index is 2.06. The summed E-state index contributed by atoms with van der Waals surface area (Å²) in [7, 11) is 0.0652. The summed E-state index contributed by atoms with van der Waals surface area (Å²) in [6, 6.07) is 11.9. The van der Waals surface area contributed by atoms with E-state index in [0.29, 0.717) is 16.2 Å². The van der Waals surface area contributed by atoms with Gasteiger partial charge in [-0.1, -0.05) is 0 Å². The number of rotatable bonds is 5. The first kappa shape index (κ1) is 14.4. The molecule has 0 saturated heterocycles.